The van der Waals surface area contributed by atoms with Crippen LogP contribution in [0.2, 0.25) is 0 Å². The maximum atomic E-state index is 13.1. The van der Waals surface area contributed by atoms with Gasteiger partial charge < -0.3 is 5.73 Å². The van der Waals surface area contributed by atoms with Crippen LogP contribution < -0.4 is 5.73 Å². The van der Waals surface area contributed by atoms with Crippen LogP contribution in [0.1, 0.15) is 66.6 Å². The summed E-state index contributed by atoms with van der Waals surface area (Å²) in [7, 11) is 0. The van der Waals surface area contributed by atoms with Crippen molar-refractivity contribution in [2.45, 2.75) is 45.7 Å². The van der Waals surface area contributed by atoms with Crippen molar-refractivity contribution in [2.75, 3.05) is 0 Å². The summed E-state index contributed by atoms with van der Waals surface area (Å²) in [6, 6.07) is 2.12. The molecule has 1 aromatic carbocycles. The number of hydrogen-bond acceptors (Lipinski definition) is 1. The summed E-state index contributed by atoms with van der Waals surface area (Å²) in [4.78, 5) is 11.4. The van der Waals surface area contributed by atoms with E-state index >= 15 is 0 Å². The van der Waals surface area contributed by atoms with Crippen LogP contribution in [0.15, 0.2) is 12.1 Å². The minimum atomic E-state index is -4.43. The van der Waals surface area contributed by atoms with Gasteiger partial charge in [-0.1, -0.05) is 27.7 Å². The topological polar surface area (TPSA) is 43.1 Å². The van der Waals surface area contributed by atoms with Crippen LogP contribution in [0, 0.1) is 0 Å². The standard InChI is InChI=1S/C14H18F3NO/c1-7(2)11-9(13(18)19)5-6-10(14(15,16)17)12(11)8(3)4/h5-8H,1-4H3,(H2,18,19). The zero-order valence-electron chi connectivity index (χ0n) is 11.4. The summed E-state index contributed by atoms with van der Waals surface area (Å²) in [5.41, 5.74) is 5.32. The van der Waals surface area contributed by atoms with Crippen molar-refractivity contribution in [3.63, 3.8) is 0 Å². The molecule has 2 nitrogen and oxygen atoms in total. The van der Waals surface area contributed by atoms with Crippen molar-refractivity contribution in [1.82, 2.24) is 0 Å². The smallest absolute Gasteiger partial charge is 0.366 e. The molecule has 0 atom stereocenters. The first-order valence-electron chi connectivity index (χ1n) is 6.11. The second-order valence-corrected chi connectivity index (χ2v) is 5.16. The quantitative estimate of drug-likeness (QED) is 0.887. The van der Waals surface area contributed by atoms with Crippen LogP contribution in [0.25, 0.3) is 0 Å². The lowest BCUT2D eigenvalue weighted by molar-refractivity contribution is -0.138. The molecule has 1 rings (SSSR count). The van der Waals surface area contributed by atoms with Gasteiger partial charge in [0.1, 0.15) is 0 Å². The Balaban J connectivity index is 3.74. The highest BCUT2D eigenvalue weighted by Gasteiger charge is 2.36. The number of primary amides is 1. The number of rotatable bonds is 3. The SMILES string of the molecule is CC(C)c1c(C(N)=O)ccc(C(F)(F)F)c1C(C)C. The molecule has 0 fully saturated rings. The third-order valence-electron chi connectivity index (χ3n) is 3.01. The maximum Gasteiger partial charge on any atom is 0.416 e. The van der Waals surface area contributed by atoms with E-state index in [1.54, 1.807) is 27.7 Å². The van der Waals surface area contributed by atoms with Gasteiger partial charge in [-0.05, 0) is 35.1 Å². The second-order valence-electron chi connectivity index (χ2n) is 5.16. The lowest BCUT2D eigenvalue weighted by Gasteiger charge is -2.23. The largest absolute Gasteiger partial charge is 0.416 e. The van der Waals surface area contributed by atoms with Crippen molar-refractivity contribution in [2.24, 2.45) is 5.73 Å². The molecular formula is C14H18F3NO. The second kappa shape index (κ2) is 5.23. The first-order valence-corrected chi connectivity index (χ1v) is 6.11. The normalized spacial score (nSPS) is 12.3. The predicted octanol–water partition coefficient (Wildman–Crippen LogP) is 4.05. The molecule has 106 valence electrons. The number of alkyl halides is 3. The molecule has 0 radical (unpaired) electrons. The Kier molecular flexibility index (Phi) is 4.28. The molecule has 5 heteroatoms. The number of carbonyl (C=O) groups is 1. The van der Waals surface area contributed by atoms with Gasteiger partial charge in [0.25, 0.3) is 0 Å². The lowest BCUT2D eigenvalue weighted by atomic mass is 9.83. The summed E-state index contributed by atoms with van der Waals surface area (Å²) in [5, 5.41) is 0. The highest BCUT2D eigenvalue weighted by Crippen LogP contribution is 2.40. The molecular weight excluding hydrogens is 255 g/mol. The van der Waals surface area contributed by atoms with E-state index in [-0.39, 0.29) is 23.0 Å². The van der Waals surface area contributed by atoms with Crippen molar-refractivity contribution in [3.05, 3.63) is 34.4 Å². The fourth-order valence-corrected chi connectivity index (χ4v) is 2.34. The molecule has 1 amide bonds. The monoisotopic (exact) mass is 273 g/mol. The Morgan fingerprint density at radius 1 is 1.05 bits per heavy atom. The van der Waals surface area contributed by atoms with E-state index in [1.165, 1.54) is 6.07 Å². The fraction of sp³-hybridized carbons (Fsp3) is 0.500. The van der Waals surface area contributed by atoms with Crippen molar-refractivity contribution < 1.29 is 18.0 Å². The summed E-state index contributed by atoms with van der Waals surface area (Å²) in [6.07, 6.45) is -4.43. The van der Waals surface area contributed by atoms with E-state index in [9.17, 15) is 18.0 Å². The van der Waals surface area contributed by atoms with Gasteiger partial charge in [-0.15, -0.1) is 0 Å². The summed E-state index contributed by atoms with van der Waals surface area (Å²) >= 11 is 0. The Labute approximate surface area is 110 Å². The molecule has 1 aromatic rings. The van der Waals surface area contributed by atoms with Crippen LogP contribution in [-0.2, 0) is 6.18 Å². The number of nitrogens with two attached hydrogens (primary N) is 1. The van der Waals surface area contributed by atoms with Crippen LogP contribution in [-0.4, -0.2) is 5.91 Å². The number of halogens is 3. The highest BCUT2D eigenvalue weighted by molar-refractivity contribution is 5.95. The van der Waals surface area contributed by atoms with E-state index in [2.05, 4.69) is 0 Å². The van der Waals surface area contributed by atoms with E-state index < -0.39 is 17.6 Å². The van der Waals surface area contributed by atoms with Crippen LogP contribution in [0.4, 0.5) is 13.2 Å². The zero-order chi connectivity index (χ0) is 15.0. The van der Waals surface area contributed by atoms with Gasteiger partial charge in [0.15, 0.2) is 0 Å². The molecule has 0 aliphatic carbocycles. The summed E-state index contributed by atoms with van der Waals surface area (Å²) < 4.78 is 39.2. The molecule has 0 unspecified atom stereocenters. The van der Waals surface area contributed by atoms with Gasteiger partial charge in [-0.2, -0.15) is 13.2 Å². The Morgan fingerprint density at radius 2 is 1.53 bits per heavy atom. The van der Waals surface area contributed by atoms with Gasteiger partial charge in [0.2, 0.25) is 5.91 Å². The average molecular weight is 273 g/mol. The van der Waals surface area contributed by atoms with Gasteiger partial charge in [0.05, 0.1) is 5.56 Å². The summed E-state index contributed by atoms with van der Waals surface area (Å²) in [5.74, 6) is -1.24. The number of amides is 1. The highest BCUT2D eigenvalue weighted by atomic mass is 19.4. The number of benzene rings is 1. The first kappa shape index (κ1) is 15.5. The Bertz CT molecular complexity index is 490. The molecule has 0 bridgehead atoms. The van der Waals surface area contributed by atoms with E-state index in [1.807, 2.05) is 0 Å². The molecule has 0 aliphatic heterocycles. The Hall–Kier alpha value is -1.52. The Morgan fingerprint density at radius 3 is 1.84 bits per heavy atom. The van der Waals surface area contributed by atoms with Crippen molar-refractivity contribution in [3.8, 4) is 0 Å². The number of hydrogen-bond donors (Lipinski definition) is 1. The molecule has 0 aliphatic rings. The maximum absolute atomic E-state index is 13.1. The summed E-state index contributed by atoms with van der Waals surface area (Å²) in [6.45, 7) is 6.88. The van der Waals surface area contributed by atoms with Crippen LogP contribution >= 0.6 is 0 Å². The van der Waals surface area contributed by atoms with Crippen LogP contribution in [0.3, 0.4) is 0 Å². The average Bonchev–Trinajstić information content (AvgIpc) is 2.25. The zero-order valence-corrected chi connectivity index (χ0v) is 11.4. The lowest BCUT2D eigenvalue weighted by Crippen LogP contribution is -2.20. The minimum Gasteiger partial charge on any atom is -0.366 e. The van der Waals surface area contributed by atoms with Gasteiger partial charge in [-0.25, -0.2) is 0 Å². The molecule has 0 spiro atoms. The van der Waals surface area contributed by atoms with E-state index in [0.717, 1.165) is 6.07 Å². The van der Waals surface area contributed by atoms with Gasteiger partial charge >= 0.3 is 6.18 Å². The molecule has 0 aromatic heterocycles. The minimum absolute atomic E-state index is 0.166. The molecule has 0 heterocycles. The third-order valence-corrected chi connectivity index (χ3v) is 3.01. The fourth-order valence-electron chi connectivity index (χ4n) is 2.34. The third kappa shape index (κ3) is 3.08. The van der Waals surface area contributed by atoms with Crippen molar-refractivity contribution >= 4 is 5.91 Å². The van der Waals surface area contributed by atoms with Gasteiger partial charge in [-0.3, -0.25) is 4.79 Å². The molecule has 0 saturated carbocycles. The molecule has 19 heavy (non-hydrogen) atoms. The molecule has 0 saturated heterocycles. The van der Waals surface area contributed by atoms with E-state index in [4.69, 9.17) is 5.73 Å². The van der Waals surface area contributed by atoms with E-state index in [0.29, 0.717) is 5.56 Å². The van der Waals surface area contributed by atoms with Gasteiger partial charge in [0, 0.05) is 5.56 Å². The number of carbonyl (C=O) groups excluding carboxylic acids is 1. The predicted molar refractivity (Wildman–Crippen MR) is 68.1 cm³/mol. The first-order chi connectivity index (χ1) is 8.57. The van der Waals surface area contributed by atoms with Crippen LogP contribution in [0.5, 0.6) is 0 Å². The molecule has 2 N–H and O–H groups in total. The van der Waals surface area contributed by atoms with Crippen molar-refractivity contribution in [1.29, 1.82) is 0 Å².